The summed E-state index contributed by atoms with van der Waals surface area (Å²) in [5, 5.41) is 3.72. The summed E-state index contributed by atoms with van der Waals surface area (Å²) >= 11 is 0. The van der Waals surface area contributed by atoms with Gasteiger partial charge in [0, 0.05) is 29.8 Å². The van der Waals surface area contributed by atoms with Crippen molar-refractivity contribution >= 4 is 5.69 Å². The van der Waals surface area contributed by atoms with Gasteiger partial charge < -0.3 is 9.88 Å². The minimum absolute atomic E-state index is 0.633. The van der Waals surface area contributed by atoms with E-state index >= 15 is 0 Å². The minimum Gasteiger partial charge on any atom is -0.382 e. The summed E-state index contributed by atoms with van der Waals surface area (Å²) in [7, 11) is 0. The highest BCUT2D eigenvalue weighted by molar-refractivity contribution is 5.52. The Bertz CT molecular complexity index is 516. The molecule has 1 aliphatic carbocycles. The lowest BCUT2D eigenvalue weighted by Gasteiger charge is -2.30. The first kappa shape index (κ1) is 12.3. The summed E-state index contributed by atoms with van der Waals surface area (Å²) in [5.41, 5.74) is 2.46. The molecule has 1 saturated carbocycles. The van der Waals surface area contributed by atoms with Gasteiger partial charge >= 0.3 is 0 Å². The van der Waals surface area contributed by atoms with E-state index in [0.29, 0.717) is 6.04 Å². The lowest BCUT2D eigenvalue weighted by Crippen LogP contribution is -2.30. The fourth-order valence-electron chi connectivity index (χ4n) is 3.01. The van der Waals surface area contributed by atoms with E-state index in [-0.39, 0.29) is 0 Å². The number of hydrogen-bond donors (Lipinski definition) is 1. The molecule has 0 spiro atoms. The normalized spacial score (nSPS) is 23.2. The number of rotatable bonds is 3. The van der Waals surface area contributed by atoms with Crippen molar-refractivity contribution in [1.82, 2.24) is 4.57 Å². The number of nitrogens with one attached hydrogen (secondary N) is 1. The zero-order valence-electron chi connectivity index (χ0n) is 11.5. The van der Waals surface area contributed by atoms with E-state index < -0.39 is 0 Å². The van der Waals surface area contributed by atoms with Gasteiger partial charge in [-0.05, 0) is 49.1 Å². The largest absolute Gasteiger partial charge is 0.382 e. The smallest absolute Gasteiger partial charge is 0.0469 e. The molecule has 2 heteroatoms. The van der Waals surface area contributed by atoms with Gasteiger partial charge in [0.1, 0.15) is 0 Å². The van der Waals surface area contributed by atoms with E-state index in [9.17, 15) is 0 Å². The highest BCUT2D eigenvalue weighted by Crippen LogP contribution is 2.27. The molecule has 1 aromatic carbocycles. The van der Waals surface area contributed by atoms with Crippen molar-refractivity contribution in [3.8, 4) is 5.69 Å². The van der Waals surface area contributed by atoms with E-state index in [0.717, 1.165) is 5.92 Å². The highest BCUT2D eigenvalue weighted by Gasteiger charge is 2.20. The van der Waals surface area contributed by atoms with Crippen LogP contribution in [0.2, 0.25) is 0 Å². The Kier molecular flexibility index (Phi) is 3.58. The van der Waals surface area contributed by atoms with Crippen LogP contribution in [-0.4, -0.2) is 10.6 Å². The van der Waals surface area contributed by atoms with E-state index in [1.54, 1.807) is 0 Å². The molecule has 1 aliphatic rings. The molecule has 1 aromatic heterocycles. The molecular formula is C17H22N2. The number of benzene rings is 1. The summed E-state index contributed by atoms with van der Waals surface area (Å²) in [6.07, 6.45) is 9.58. The van der Waals surface area contributed by atoms with E-state index in [2.05, 4.69) is 65.6 Å². The van der Waals surface area contributed by atoms with Gasteiger partial charge in [-0.25, -0.2) is 0 Å². The van der Waals surface area contributed by atoms with Crippen LogP contribution in [0.3, 0.4) is 0 Å². The summed E-state index contributed by atoms with van der Waals surface area (Å²) in [5.74, 6) is 0.781. The summed E-state index contributed by atoms with van der Waals surface area (Å²) in [4.78, 5) is 0. The monoisotopic (exact) mass is 254 g/mol. The Morgan fingerprint density at radius 1 is 1.05 bits per heavy atom. The molecular weight excluding hydrogens is 232 g/mol. The standard InChI is InChI=1S/C17H22N2/c1-14-7-2-3-10-17(14)18-15-8-6-9-16(13-15)19-11-4-5-12-19/h4-6,8-9,11-14,17-18H,2-3,7,10H2,1H3. The van der Waals surface area contributed by atoms with Crippen LogP contribution in [0.4, 0.5) is 5.69 Å². The summed E-state index contributed by atoms with van der Waals surface area (Å²) in [6, 6.07) is 13.4. The third kappa shape index (κ3) is 2.83. The molecule has 2 unspecified atom stereocenters. The van der Waals surface area contributed by atoms with Gasteiger partial charge in [0.2, 0.25) is 0 Å². The Morgan fingerprint density at radius 2 is 1.84 bits per heavy atom. The van der Waals surface area contributed by atoms with Crippen LogP contribution in [-0.2, 0) is 0 Å². The number of aromatic nitrogens is 1. The molecule has 0 bridgehead atoms. The third-order valence-corrected chi connectivity index (χ3v) is 4.21. The molecule has 1 heterocycles. The van der Waals surface area contributed by atoms with Crippen LogP contribution in [0, 0.1) is 5.92 Å². The molecule has 0 aliphatic heterocycles. The molecule has 2 aromatic rings. The van der Waals surface area contributed by atoms with Crippen LogP contribution >= 0.6 is 0 Å². The van der Waals surface area contributed by atoms with Crippen LogP contribution in [0.25, 0.3) is 5.69 Å². The number of anilines is 1. The molecule has 0 radical (unpaired) electrons. The van der Waals surface area contributed by atoms with E-state index in [1.807, 2.05) is 0 Å². The maximum Gasteiger partial charge on any atom is 0.0469 e. The van der Waals surface area contributed by atoms with Crippen molar-refractivity contribution in [2.24, 2.45) is 5.92 Å². The van der Waals surface area contributed by atoms with Gasteiger partial charge in [-0.1, -0.05) is 25.8 Å². The average molecular weight is 254 g/mol. The van der Waals surface area contributed by atoms with Crippen molar-refractivity contribution in [2.75, 3.05) is 5.32 Å². The number of nitrogens with zero attached hydrogens (tertiary/aromatic N) is 1. The molecule has 3 rings (SSSR count). The van der Waals surface area contributed by atoms with Gasteiger partial charge in [0.25, 0.3) is 0 Å². The topological polar surface area (TPSA) is 17.0 Å². The van der Waals surface area contributed by atoms with Crippen molar-refractivity contribution in [1.29, 1.82) is 0 Å². The average Bonchev–Trinajstić information content (AvgIpc) is 2.96. The molecule has 19 heavy (non-hydrogen) atoms. The zero-order valence-corrected chi connectivity index (χ0v) is 11.5. The highest BCUT2D eigenvalue weighted by atomic mass is 15.0. The first-order valence-electron chi connectivity index (χ1n) is 7.33. The van der Waals surface area contributed by atoms with Gasteiger partial charge in [-0.2, -0.15) is 0 Å². The van der Waals surface area contributed by atoms with Gasteiger partial charge in [0.05, 0.1) is 0 Å². The molecule has 2 atom stereocenters. The predicted octanol–water partition coefficient (Wildman–Crippen LogP) is 4.47. The van der Waals surface area contributed by atoms with Crippen molar-refractivity contribution in [3.05, 3.63) is 48.8 Å². The Morgan fingerprint density at radius 3 is 2.63 bits per heavy atom. The predicted molar refractivity (Wildman–Crippen MR) is 80.8 cm³/mol. The molecule has 0 saturated heterocycles. The Balaban J connectivity index is 1.76. The second-order valence-electron chi connectivity index (χ2n) is 5.65. The molecule has 100 valence electrons. The first-order valence-corrected chi connectivity index (χ1v) is 7.33. The van der Waals surface area contributed by atoms with Crippen LogP contribution in [0.15, 0.2) is 48.8 Å². The van der Waals surface area contributed by atoms with Gasteiger partial charge in [0.15, 0.2) is 0 Å². The number of hydrogen-bond acceptors (Lipinski definition) is 1. The van der Waals surface area contributed by atoms with Crippen LogP contribution < -0.4 is 5.32 Å². The van der Waals surface area contributed by atoms with Crippen molar-refractivity contribution < 1.29 is 0 Å². The van der Waals surface area contributed by atoms with Crippen LogP contribution in [0.5, 0.6) is 0 Å². The maximum atomic E-state index is 3.72. The zero-order chi connectivity index (χ0) is 13.1. The maximum absolute atomic E-state index is 3.72. The molecule has 0 amide bonds. The second-order valence-corrected chi connectivity index (χ2v) is 5.65. The fourth-order valence-corrected chi connectivity index (χ4v) is 3.01. The molecule has 2 nitrogen and oxygen atoms in total. The van der Waals surface area contributed by atoms with Crippen molar-refractivity contribution in [3.63, 3.8) is 0 Å². The third-order valence-electron chi connectivity index (χ3n) is 4.21. The summed E-state index contributed by atoms with van der Waals surface area (Å²) < 4.78 is 2.15. The lowest BCUT2D eigenvalue weighted by molar-refractivity contribution is 0.349. The SMILES string of the molecule is CC1CCCCC1Nc1cccc(-n2cccc2)c1. The molecule has 1 N–H and O–H groups in total. The van der Waals surface area contributed by atoms with Gasteiger partial charge in [-0.3, -0.25) is 0 Å². The molecule has 1 fully saturated rings. The second kappa shape index (κ2) is 5.52. The fraction of sp³-hybridized carbons (Fsp3) is 0.412. The van der Waals surface area contributed by atoms with Crippen molar-refractivity contribution in [2.45, 2.75) is 38.6 Å². The van der Waals surface area contributed by atoms with Gasteiger partial charge in [-0.15, -0.1) is 0 Å². The van der Waals surface area contributed by atoms with E-state index in [1.165, 1.54) is 37.1 Å². The summed E-state index contributed by atoms with van der Waals surface area (Å²) in [6.45, 7) is 2.37. The van der Waals surface area contributed by atoms with Crippen LogP contribution in [0.1, 0.15) is 32.6 Å². The lowest BCUT2D eigenvalue weighted by atomic mass is 9.86. The quantitative estimate of drug-likeness (QED) is 0.855. The van der Waals surface area contributed by atoms with E-state index in [4.69, 9.17) is 0 Å². The minimum atomic E-state index is 0.633. The first-order chi connectivity index (χ1) is 9.33. The Hall–Kier alpha value is -1.70. The Labute approximate surface area is 115 Å².